The molecule has 0 radical (unpaired) electrons. The van der Waals surface area contributed by atoms with Crippen molar-refractivity contribution in [1.82, 2.24) is 15.1 Å². The van der Waals surface area contributed by atoms with E-state index in [2.05, 4.69) is 10.4 Å². The fraction of sp³-hybridized carbons (Fsp3) is 0.417. The van der Waals surface area contributed by atoms with Crippen LogP contribution in [0.5, 0.6) is 0 Å². The summed E-state index contributed by atoms with van der Waals surface area (Å²) in [5, 5.41) is 5.86. The first-order valence-corrected chi connectivity index (χ1v) is 5.86. The quantitative estimate of drug-likeness (QED) is 0.877. The van der Waals surface area contributed by atoms with Crippen molar-refractivity contribution in [2.24, 2.45) is 11.1 Å². The van der Waals surface area contributed by atoms with Crippen LogP contribution >= 0.6 is 0 Å². The number of rotatable bonds is 4. The molecule has 0 saturated carbocycles. The molecule has 21 heavy (non-hydrogen) atoms. The van der Waals surface area contributed by atoms with E-state index in [1.165, 1.54) is 27.0 Å². The molecule has 0 atom stereocenters. The third kappa shape index (κ3) is 3.61. The molecule has 3 N–H and O–H groups in total. The highest BCUT2D eigenvalue weighted by molar-refractivity contribution is 5.94. The van der Waals surface area contributed by atoms with Crippen LogP contribution in [-0.4, -0.2) is 28.6 Å². The van der Waals surface area contributed by atoms with Crippen LogP contribution in [0.25, 0.3) is 6.20 Å². The molecule has 0 aliphatic heterocycles. The highest BCUT2D eigenvalue weighted by Crippen LogP contribution is 2.32. The second-order valence-electron chi connectivity index (χ2n) is 4.83. The van der Waals surface area contributed by atoms with Gasteiger partial charge in [0.25, 0.3) is 5.91 Å². The number of hydrogen-bond donors (Lipinski definition) is 2. The summed E-state index contributed by atoms with van der Waals surface area (Å²) >= 11 is 0. The lowest BCUT2D eigenvalue weighted by Gasteiger charge is -2.18. The molecule has 0 saturated heterocycles. The Hall–Kier alpha value is -2.32. The minimum atomic E-state index is -4.80. The first-order valence-electron chi connectivity index (χ1n) is 5.86. The molecule has 2 amide bonds. The molecule has 116 valence electrons. The van der Waals surface area contributed by atoms with E-state index < -0.39 is 28.8 Å². The van der Waals surface area contributed by atoms with Crippen LogP contribution in [0, 0.1) is 5.41 Å². The van der Waals surface area contributed by atoms with E-state index in [1.54, 1.807) is 0 Å². The SMILES string of the molecule is CNC(=O)C(C)(C)/C=C/n1ncc(C(N)=O)c1C(F)(F)F. The van der Waals surface area contributed by atoms with Crippen molar-refractivity contribution in [3.8, 4) is 0 Å². The van der Waals surface area contributed by atoms with E-state index in [0.29, 0.717) is 4.68 Å². The highest BCUT2D eigenvalue weighted by Gasteiger charge is 2.39. The van der Waals surface area contributed by atoms with E-state index in [4.69, 9.17) is 5.73 Å². The molecule has 1 rings (SSSR count). The second kappa shape index (κ2) is 5.58. The first kappa shape index (κ1) is 16.7. The number of alkyl halides is 3. The number of nitrogens with two attached hydrogens (primary N) is 1. The van der Waals surface area contributed by atoms with Gasteiger partial charge in [0.2, 0.25) is 5.91 Å². The van der Waals surface area contributed by atoms with Gasteiger partial charge in [-0.1, -0.05) is 6.08 Å². The maximum absolute atomic E-state index is 13.0. The van der Waals surface area contributed by atoms with E-state index in [-0.39, 0.29) is 5.91 Å². The summed E-state index contributed by atoms with van der Waals surface area (Å²) < 4.78 is 39.4. The molecular formula is C12H15F3N4O2. The van der Waals surface area contributed by atoms with Gasteiger partial charge < -0.3 is 11.1 Å². The Morgan fingerprint density at radius 2 is 1.95 bits per heavy atom. The predicted octanol–water partition coefficient (Wildman–Crippen LogP) is 1.24. The normalized spacial score (nSPS) is 12.7. The topological polar surface area (TPSA) is 90.0 Å². The number of aromatic nitrogens is 2. The minimum absolute atomic E-state index is 0.380. The van der Waals surface area contributed by atoms with Crippen LogP contribution in [0.2, 0.25) is 0 Å². The monoisotopic (exact) mass is 304 g/mol. The Morgan fingerprint density at radius 1 is 1.38 bits per heavy atom. The van der Waals surface area contributed by atoms with Crippen molar-refractivity contribution in [2.45, 2.75) is 20.0 Å². The zero-order valence-electron chi connectivity index (χ0n) is 11.7. The van der Waals surface area contributed by atoms with Crippen LogP contribution in [0.1, 0.15) is 29.9 Å². The van der Waals surface area contributed by atoms with Crippen molar-refractivity contribution < 1.29 is 22.8 Å². The van der Waals surface area contributed by atoms with Gasteiger partial charge >= 0.3 is 6.18 Å². The minimum Gasteiger partial charge on any atom is -0.365 e. The first-order chi connectivity index (χ1) is 9.50. The smallest absolute Gasteiger partial charge is 0.365 e. The van der Waals surface area contributed by atoms with Gasteiger partial charge in [-0.05, 0) is 13.8 Å². The van der Waals surface area contributed by atoms with Crippen LogP contribution in [0.4, 0.5) is 13.2 Å². The summed E-state index contributed by atoms with van der Waals surface area (Å²) in [5.74, 6) is -1.61. The summed E-state index contributed by atoms with van der Waals surface area (Å²) in [6.07, 6.45) is -1.84. The largest absolute Gasteiger partial charge is 0.434 e. The maximum atomic E-state index is 13.0. The van der Waals surface area contributed by atoms with E-state index in [1.807, 2.05) is 0 Å². The Balaban J connectivity index is 3.28. The van der Waals surface area contributed by atoms with Gasteiger partial charge in [0.1, 0.15) is 0 Å². The molecule has 0 bridgehead atoms. The lowest BCUT2D eigenvalue weighted by Crippen LogP contribution is -2.33. The van der Waals surface area contributed by atoms with Gasteiger partial charge in [-0.2, -0.15) is 18.3 Å². The van der Waals surface area contributed by atoms with Crippen molar-refractivity contribution in [3.63, 3.8) is 0 Å². The third-order valence-corrected chi connectivity index (χ3v) is 2.77. The summed E-state index contributed by atoms with van der Waals surface area (Å²) in [4.78, 5) is 22.6. The van der Waals surface area contributed by atoms with Crippen LogP contribution in [-0.2, 0) is 11.0 Å². The Bertz CT molecular complexity index is 588. The van der Waals surface area contributed by atoms with Gasteiger partial charge in [-0.25, -0.2) is 4.68 Å². The zero-order valence-corrected chi connectivity index (χ0v) is 11.7. The number of hydrogen-bond acceptors (Lipinski definition) is 3. The third-order valence-electron chi connectivity index (χ3n) is 2.77. The zero-order chi connectivity index (χ0) is 16.4. The Kier molecular flexibility index (Phi) is 4.45. The number of nitrogens with one attached hydrogen (secondary N) is 1. The number of halogens is 3. The number of amides is 2. The molecule has 0 spiro atoms. The van der Waals surface area contributed by atoms with E-state index in [9.17, 15) is 22.8 Å². The highest BCUT2D eigenvalue weighted by atomic mass is 19.4. The van der Waals surface area contributed by atoms with Gasteiger partial charge in [-0.3, -0.25) is 9.59 Å². The molecule has 1 heterocycles. The van der Waals surface area contributed by atoms with Crippen LogP contribution in [0.3, 0.4) is 0 Å². The summed E-state index contributed by atoms with van der Waals surface area (Å²) in [6.45, 7) is 3.04. The number of carbonyl (C=O) groups is 2. The summed E-state index contributed by atoms with van der Waals surface area (Å²) in [7, 11) is 1.41. The fourth-order valence-electron chi connectivity index (χ4n) is 1.59. The van der Waals surface area contributed by atoms with Crippen LogP contribution in [0.15, 0.2) is 12.3 Å². The average Bonchev–Trinajstić information content (AvgIpc) is 2.79. The lowest BCUT2D eigenvalue weighted by molar-refractivity contribution is -0.142. The molecular weight excluding hydrogens is 289 g/mol. The molecule has 1 aromatic heterocycles. The summed E-state index contributed by atoms with van der Waals surface area (Å²) in [5.41, 5.74) is 1.84. The molecule has 0 unspecified atom stereocenters. The second-order valence-corrected chi connectivity index (χ2v) is 4.83. The average molecular weight is 304 g/mol. The maximum Gasteiger partial charge on any atom is 0.434 e. The van der Waals surface area contributed by atoms with Crippen molar-refractivity contribution in [1.29, 1.82) is 0 Å². The van der Waals surface area contributed by atoms with Crippen molar-refractivity contribution >= 4 is 18.0 Å². The van der Waals surface area contributed by atoms with Gasteiger partial charge in [0.05, 0.1) is 17.2 Å². The van der Waals surface area contributed by atoms with Gasteiger partial charge in [0.15, 0.2) is 5.69 Å². The molecule has 1 aromatic rings. The number of carbonyl (C=O) groups excluding carboxylic acids is 2. The molecule has 0 aliphatic carbocycles. The lowest BCUT2D eigenvalue weighted by atomic mass is 9.92. The molecule has 0 aromatic carbocycles. The van der Waals surface area contributed by atoms with Crippen molar-refractivity contribution in [2.75, 3.05) is 7.05 Å². The fourth-order valence-corrected chi connectivity index (χ4v) is 1.59. The van der Waals surface area contributed by atoms with Crippen molar-refractivity contribution in [3.05, 3.63) is 23.5 Å². The van der Waals surface area contributed by atoms with E-state index in [0.717, 1.165) is 12.4 Å². The van der Waals surface area contributed by atoms with Gasteiger partial charge in [0, 0.05) is 13.2 Å². The van der Waals surface area contributed by atoms with Gasteiger partial charge in [-0.15, -0.1) is 0 Å². The van der Waals surface area contributed by atoms with Crippen LogP contribution < -0.4 is 11.1 Å². The summed E-state index contributed by atoms with van der Waals surface area (Å²) in [6, 6.07) is 0. The number of primary amides is 1. The predicted molar refractivity (Wildman–Crippen MR) is 68.9 cm³/mol. The van der Waals surface area contributed by atoms with E-state index >= 15 is 0 Å². The molecule has 9 heteroatoms. The molecule has 0 fully saturated rings. The Morgan fingerprint density at radius 3 is 2.38 bits per heavy atom. The molecule has 6 nitrogen and oxygen atoms in total. The Labute approximate surface area is 118 Å². The standard InChI is InChI=1S/C12H15F3N4O2/c1-11(2,10(21)17-3)4-5-19-8(12(13,14)15)7(6-18-19)9(16)20/h4-6H,1-3H3,(H2,16,20)(H,17,21)/b5-4+. The number of nitrogens with zero attached hydrogens (tertiary/aromatic N) is 2. The molecule has 0 aliphatic rings.